The molecule has 2 saturated heterocycles. The van der Waals surface area contributed by atoms with Gasteiger partial charge in [-0.2, -0.15) is 0 Å². The molecule has 2 aliphatic rings. The first kappa shape index (κ1) is 17.4. The van der Waals surface area contributed by atoms with Crippen molar-refractivity contribution in [2.45, 2.75) is 43.6 Å². The second kappa shape index (κ2) is 7.21. The Hall–Kier alpha value is -1.44. The van der Waals surface area contributed by atoms with Crippen LogP contribution in [0.4, 0.5) is 0 Å². The summed E-state index contributed by atoms with van der Waals surface area (Å²) in [6, 6.07) is 4.74. The van der Waals surface area contributed by atoms with Gasteiger partial charge in [0.15, 0.2) is 0 Å². The lowest BCUT2D eigenvalue weighted by atomic mass is 10.1. The number of hydrogen-bond acceptors (Lipinski definition) is 4. The maximum atomic E-state index is 12.6. The Bertz CT molecular complexity index is 705. The van der Waals surface area contributed by atoms with Gasteiger partial charge in [-0.1, -0.05) is 6.07 Å². The Kier molecular flexibility index (Phi) is 5.22. The van der Waals surface area contributed by atoms with Gasteiger partial charge in [-0.25, -0.2) is 13.1 Å². The first-order valence-corrected chi connectivity index (χ1v) is 9.97. The van der Waals surface area contributed by atoms with Crippen molar-refractivity contribution in [1.82, 2.24) is 9.62 Å². The molecule has 1 amide bonds. The van der Waals surface area contributed by atoms with E-state index in [9.17, 15) is 13.2 Å². The van der Waals surface area contributed by atoms with Crippen LogP contribution < -0.4 is 4.72 Å². The van der Waals surface area contributed by atoms with Gasteiger partial charge in [0.25, 0.3) is 5.91 Å². The van der Waals surface area contributed by atoms with Gasteiger partial charge in [-0.3, -0.25) is 4.79 Å². The number of amides is 1. The van der Waals surface area contributed by atoms with Gasteiger partial charge in [-0.05, 0) is 50.3 Å². The van der Waals surface area contributed by atoms with Crippen LogP contribution in [0.3, 0.4) is 0 Å². The Morgan fingerprint density at radius 1 is 1.29 bits per heavy atom. The number of nitrogens with one attached hydrogen (secondary N) is 1. The van der Waals surface area contributed by atoms with Gasteiger partial charge in [0.1, 0.15) is 0 Å². The van der Waals surface area contributed by atoms with E-state index in [0.29, 0.717) is 12.2 Å². The van der Waals surface area contributed by atoms with Crippen LogP contribution in [0.1, 0.15) is 41.6 Å². The zero-order valence-corrected chi connectivity index (χ0v) is 14.8. The van der Waals surface area contributed by atoms with Gasteiger partial charge >= 0.3 is 0 Å². The molecular formula is C17H24N2O4S. The molecule has 1 atom stereocenters. The smallest absolute Gasteiger partial charge is 0.254 e. The third-order valence-corrected chi connectivity index (χ3v) is 6.09. The van der Waals surface area contributed by atoms with E-state index >= 15 is 0 Å². The van der Waals surface area contributed by atoms with Gasteiger partial charge in [-0.15, -0.1) is 0 Å². The minimum absolute atomic E-state index is 0.0593. The summed E-state index contributed by atoms with van der Waals surface area (Å²) in [6.45, 7) is 4.27. The Balaban J connectivity index is 1.77. The number of hydrogen-bond donors (Lipinski definition) is 1. The fourth-order valence-corrected chi connectivity index (χ4v) is 4.27. The fraction of sp³-hybridized carbons (Fsp3) is 0.588. The van der Waals surface area contributed by atoms with Gasteiger partial charge in [0, 0.05) is 31.8 Å². The van der Waals surface area contributed by atoms with Gasteiger partial charge < -0.3 is 9.64 Å². The number of ether oxygens (including phenoxy) is 1. The summed E-state index contributed by atoms with van der Waals surface area (Å²) >= 11 is 0. The number of benzene rings is 1. The minimum Gasteiger partial charge on any atom is -0.377 e. The maximum Gasteiger partial charge on any atom is 0.254 e. The number of sulfonamides is 1. The van der Waals surface area contributed by atoms with E-state index in [4.69, 9.17) is 4.74 Å². The van der Waals surface area contributed by atoms with Gasteiger partial charge in [0.05, 0.1) is 11.0 Å². The first-order chi connectivity index (χ1) is 11.5. The van der Waals surface area contributed by atoms with Crippen molar-refractivity contribution in [3.63, 3.8) is 0 Å². The lowest BCUT2D eigenvalue weighted by molar-refractivity contribution is 0.0792. The molecule has 0 saturated carbocycles. The summed E-state index contributed by atoms with van der Waals surface area (Å²) in [4.78, 5) is 14.5. The summed E-state index contributed by atoms with van der Waals surface area (Å²) in [5.74, 6) is -0.0822. The maximum absolute atomic E-state index is 12.6. The van der Waals surface area contributed by atoms with Crippen LogP contribution in [0, 0.1) is 6.92 Å². The van der Waals surface area contributed by atoms with Crippen LogP contribution >= 0.6 is 0 Å². The molecule has 0 unspecified atom stereocenters. The topological polar surface area (TPSA) is 75.7 Å². The second-order valence-electron chi connectivity index (χ2n) is 6.46. The molecular weight excluding hydrogens is 328 g/mol. The van der Waals surface area contributed by atoms with Crippen molar-refractivity contribution < 1.29 is 17.9 Å². The Morgan fingerprint density at radius 2 is 2.04 bits per heavy atom. The van der Waals surface area contributed by atoms with Crippen molar-refractivity contribution in [1.29, 1.82) is 0 Å². The predicted molar refractivity (Wildman–Crippen MR) is 90.5 cm³/mol. The summed E-state index contributed by atoms with van der Waals surface area (Å²) in [6.07, 6.45) is 3.79. The Morgan fingerprint density at radius 3 is 2.71 bits per heavy atom. The van der Waals surface area contributed by atoms with Crippen LogP contribution in [0.2, 0.25) is 0 Å². The minimum atomic E-state index is -3.64. The van der Waals surface area contributed by atoms with Crippen molar-refractivity contribution in [3.05, 3.63) is 29.3 Å². The molecule has 1 aromatic carbocycles. The van der Waals surface area contributed by atoms with Crippen molar-refractivity contribution in [3.8, 4) is 0 Å². The van der Waals surface area contributed by atoms with Crippen molar-refractivity contribution in [2.75, 3.05) is 26.2 Å². The third kappa shape index (κ3) is 3.79. The third-order valence-electron chi connectivity index (χ3n) is 4.67. The highest BCUT2D eigenvalue weighted by atomic mass is 32.2. The summed E-state index contributed by atoms with van der Waals surface area (Å²) in [7, 11) is -3.64. The van der Waals surface area contributed by atoms with E-state index in [-0.39, 0.29) is 23.5 Å². The summed E-state index contributed by atoms with van der Waals surface area (Å²) in [5, 5.41) is 0. The summed E-state index contributed by atoms with van der Waals surface area (Å²) in [5.41, 5.74) is 1.27. The first-order valence-electron chi connectivity index (χ1n) is 8.48. The van der Waals surface area contributed by atoms with Crippen LogP contribution in [0.5, 0.6) is 0 Å². The van der Waals surface area contributed by atoms with Crippen molar-refractivity contribution in [2.24, 2.45) is 0 Å². The quantitative estimate of drug-likeness (QED) is 0.875. The lowest BCUT2D eigenvalue weighted by Crippen LogP contribution is -2.32. The average molecular weight is 352 g/mol. The molecule has 7 heteroatoms. The van der Waals surface area contributed by atoms with Crippen LogP contribution in [-0.2, 0) is 14.8 Å². The number of carbonyl (C=O) groups excluding carboxylic acids is 1. The molecule has 0 aliphatic carbocycles. The molecule has 1 aromatic rings. The molecule has 24 heavy (non-hydrogen) atoms. The number of carbonyl (C=O) groups is 1. The molecule has 6 nitrogen and oxygen atoms in total. The SMILES string of the molecule is Cc1ccc(S(=O)(=O)NC[C@@H]2CCCO2)cc1C(=O)N1CCCC1. The molecule has 0 aromatic heterocycles. The normalized spacial score (nSPS) is 21.4. The summed E-state index contributed by atoms with van der Waals surface area (Å²) < 4.78 is 33.0. The van der Waals surface area contributed by atoms with Crippen LogP contribution in [-0.4, -0.2) is 51.6 Å². The highest BCUT2D eigenvalue weighted by Gasteiger charge is 2.24. The van der Waals surface area contributed by atoms with Gasteiger partial charge in [0.2, 0.25) is 10.0 Å². The molecule has 2 fully saturated rings. The largest absolute Gasteiger partial charge is 0.377 e. The monoisotopic (exact) mass is 352 g/mol. The molecule has 0 bridgehead atoms. The molecule has 2 aliphatic heterocycles. The highest BCUT2D eigenvalue weighted by molar-refractivity contribution is 7.89. The molecule has 0 spiro atoms. The lowest BCUT2D eigenvalue weighted by Gasteiger charge is -2.18. The molecule has 1 N–H and O–H groups in total. The molecule has 132 valence electrons. The van der Waals surface area contributed by atoms with E-state index in [0.717, 1.165) is 44.3 Å². The van der Waals surface area contributed by atoms with Crippen molar-refractivity contribution >= 4 is 15.9 Å². The van der Waals surface area contributed by atoms with E-state index in [1.165, 1.54) is 6.07 Å². The standard InChI is InChI=1S/C17H24N2O4S/c1-13-6-7-15(11-16(13)17(20)19-8-2-3-9-19)24(21,22)18-12-14-5-4-10-23-14/h6-7,11,14,18H,2-5,8-10,12H2,1H3/t14-/m0/s1. The second-order valence-corrected chi connectivity index (χ2v) is 8.23. The molecule has 0 radical (unpaired) electrons. The van der Waals surface area contributed by atoms with E-state index < -0.39 is 10.0 Å². The van der Waals surface area contributed by atoms with E-state index in [2.05, 4.69) is 4.72 Å². The van der Waals surface area contributed by atoms with E-state index in [1.807, 2.05) is 6.92 Å². The number of aryl methyl sites for hydroxylation is 1. The van der Waals surface area contributed by atoms with Crippen LogP contribution in [0.25, 0.3) is 0 Å². The average Bonchev–Trinajstić information content (AvgIpc) is 3.26. The number of likely N-dealkylation sites (tertiary alicyclic amines) is 1. The zero-order chi connectivity index (χ0) is 17.2. The molecule has 2 heterocycles. The zero-order valence-electron chi connectivity index (χ0n) is 14.0. The predicted octanol–water partition coefficient (Wildman–Crippen LogP) is 1.69. The fourth-order valence-electron chi connectivity index (χ4n) is 3.18. The number of nitrogens with zero attached hydrogens (tertiary/aromatic N) is 1. The molecule has 3 rings (SSSR count). The highest BCUT2D eigenvalue weighted by Crippen LogP contribution is 2.20. The Labute approximate surface area is 143 Å². The van der Waals surface area contributed by atoms with Crippen LogP contribution in [0.15, 0.2) is 23.1 Å². The number of rotatable bonds is 5. The van der Waals surface area contributed by atoms with E-state index in [1.54, 1.807) is 17.0 Å².